The van der Waals surface area contributed by atoms with Gasteiger partial charge in [-0.1, -0.05) is 0 Å². The van der Waals surface area contributed by atoms with Crippen LogP contribution in [0.15, 0.2) is 12.4 Å². The lowest BCUT2D eigenvalue weighted by Crippen LogP contribution is -2.42. The minimum atomic E-state index is 0.352. The summed E-state index contributed by atoms with van der Waals surface area (Å²) in [6, 6.07) is 0.395. The third-order valence-corrected chi connectivity index (χ3v) is 3.68. The molecule has 18 heavy (non-hydrogen) atoms. The zero-order valence-electron chi connectivity index (χ0n) is 11.7. The quantitative estimate of drug-likeness (QED) is 0.766. The standard InChI is InChI=1S/C14H25N3O/c1-4-17-10-11(9-16-17)8-13(15-3)14(18-5-2)12-6-7-12/h9-10,12-15H,4-8H2,1-3H3. The van der Waals surface area contributed by atoms with Crippen LogP contribution in [0, 0.1) is 5.92 Å². The van der Waals surface area contributed by atoms with Crippen LogP contribution in [0.4, 0.5) is 0 Å². The van der Waals surface area contributed by atoms with Crippen molar-refractivity contribution < 1.29 is 4.74 Å². The first kappa shape index (κ1) is 13.6. The summed E-state index contributed by atoms with van der Waals surface area (Å²) >= 11 is 0. The predicted octanol–water partition coefficient (Wildman–Crippen LogP) is 1.85. The van der Waals surface area contributed by atoms with E-state index < -0.39 is 0 Å². The third kappa shape index (κ3) is 3.33. The van der Waals surface area contributed by atoms with Crippen LogP contribution in [0.1, 0.15) is 32.3 Å². The largest absolute Gasteiger partial charge is 0.377 e. The molecular weight excluding hydrogens is 226 g/mol. The fourth-order valence-corrected chi connectivity index (χ4v) is 2.52. The summed E-state index contributed by atoms with van der Waals surface area (Å²) in [7, 11) is 2.03. The van der Waals surface area contributed by atoms with Crippen molar-refractivity contribution in [2.24, 2.45) is 5.92 Å². The van der Waals surface area contributed by atoms with E-state index in [0.29, 0.717) is 12.1 Å². The first-order valence-electron chi connectivity index (χ1n) is 7.08. The monoisotopic (exact) mass is 251 g/mol. The Morgan fingerprint density at radius 1 is 1.50 bits per heavy atom. The van der Waals surface area contributed by atoms with Gasteiger partial charge < -0.3 is 10.1 Å². The molecule has 0 aliphatic heterocycles. The van der Waals surface area contributed by atoms with Gasteiger partial charge in [0.25, 0.3) is 0 Å². The smallest absolute Gasteiger partial charge is 0.0759 e. The fraction of sp³-hybridized carbons (Fsp3) is 0.786. The van der Waals surface area contributed by atoms with E-state index >= 15 is 0 Å². The van der Waals surface area contributed by atoms with Crippen molar-refractivity contribution in [2.45, 2.75) is 51.8 Å². The number of rotatable bonds is 8. The highest BCUT2D eigenvalue weighted by atomic mass is 16.5. The lowest BCUT2D eigenvalue weighted by Gasteiger charge is -2.26. The van der Waals surface area contributed by atoms with Crippen LogP contribution in [-0.2, 0) is 17.7 Å². The van der Waals surface area contributed by atoms with Gasteiger partial charge >= 0.3 is 0 Å². The van der Waals surface area contributed by atoms with Gasteiger partial charge in [0.05, 0.1) is 12.3 Å². The van der Waals surface area contributed by atoms with Crippen LogP contribution in [0.3, 0.4) is 0 Å². The molecule has 2 unspecified atom stereocenters. The minimum absolute atomic E-state index is 0.352. The summed E-state index contributed by atoms with van der Waals surface area (Å²) in [4.78, 5) is 0. The van der Waals surface area contributed by atoms with Crippen molar-refractivity contribution in [3.8, 4) is 0 Å². The van der Waals surface area contributed by atoms with Gasteiger partial charge in [0, 0.05) is 25.4 Å². The molecule has 1 saturated carbocycles. The molecule has 0 amide bonds. The van der Waals surface area contributed by atoms with E-state index in [1.165, 1.54) is 18.4 Å². The molecule has 4 heteroatoms. The van der Waals surface area contributed by atoms with Gasteiger partial charge in [0.1, 0.15) is 0 Å². The van der Waals surface area contributed by atoms with Gasteiger partial charge in [-0.3, -0.25) is 4.68 Å². The molecule has 0 bridgehead atoms. The molecule has 1 heterocycles. The fourth-order valence-electron chi connectivity index (χ4n) is 2.52. The Kier molecular flexibility index (Phi) is 4.78. The van der Waals surface area contributed by atoms with E-state index in [1.807, 2.05) is 17.9 Å². The van der Waals surface area contributed by atoms with Crippen LogP contribution >= 0.6 is 0 Å². The molecule has 0 spiro atoms. The Labute approximate surface area is 110 Å². The highest BCUT2D eigenvalue weighted by Gasteiger charge is 2.36. The molecule has 1 aromatic rings. The van der Waals surface area contributed by atoms with Crippen molar-refractivity contribution in [1.82, 2.24) is 15.1 Å². The van der Waals surface area contributed by atoms with E-state index in [4.69, 9.17) is 4.74 Å². The first-order chi connectivity index (χ1) is 8.78. The lowest BCUT2D eigenvalue weighted by molar-refractivity contribution is 0.0211. The Morgan fingerprint density at radius 2 is 2.28 bits per heavy atom. The van der Waals surface area contributed by atoms with Crippen LogP contribution in [0.5, 0.6) is 0 Å². The second kappa shape index (κ2) is 6.34. The normalized spacial score (nSPS) is 18.8. The number of aryl methyl sites for hydroxylation is 1. The zero-order chi connectivity index (χ0) is 13.0. The van der Waals surface area contributed by atoms with Crippen LogP contribution < -0.4 is 5.32 Å². The molecule has 0 saturated heterocycles. The average molecular weight is 251 g/mol. The van der Waals surface area contributed by atoms with Crippen molar-refractivity contribution in [2.75, 3.05) is 13.7 Å². The molecule has 1 aliphatic rings. The topological polar surface area (TPSA) is 39.1 Å². The lowest BCUT2D eigenvalue weighted by atomic mass is 10.00. The van der Waals surface area contributed by atoms with E-state index in [-0.39, 0.29) is 0 Å². The number of aromatic nitrogens is 2. The Hall–Kier alpha value is -0.870. The number of ether oxygens (including phenoxy) is 1. The summed E-state index contributed by atoms with van der Waals surface area (Å²) in [5.74, 6) is 0.753. The maximum Gasteiger partial charge on any atom is 0.0759 e. The Morgan fingerprint density at radius 3 is 2.78 bits per heavy atom. The highest BCUT2D eigenvalue weighted by Crippen LogP contribution is 2.36. The van der Waals surface area contributed by atoms with Gasteiger partial charge in [0.15, 0.2) is 0 Å². The summed E-state index contributed by atoms with van der Waals surface area (Å²) in [5, 5.41) is 7.76. The molecule has 2 rings (SSSR count). The maximum absolute atomic E-state index is 5.93. The Bertz CT molecular complexity index is 360. The average Bonchev–Trinajstić information content (AvgIpc) is 3.13. The van der Waals surface area contributed by atoms with Crippen LogP contribution in [0.2, 0.25) is 0 Å². The maximum atomic E-state index is 5.93. The Balaban J connectivity index is 1.98. The van der Waals surface area contributed by atoms with E-state index in [9.17, 15) is 0 Å². The van der Waals surface area contributed by atoms with Gasteiger partial charge in [-0.15, -0.1) is 0 Å². The number of nitrogens with zero attached hydrogens (tertiary/aromatic N) is 2. The van der Waals surface area contributed by atoms with E-state index in [2.05, 4.69) is 30.5 Å². The van der Waals surface area contributed by atoms with Crippen LogP contribution in [0.25, 0.3) is 0 Å². The molecule has 1 N–H and O–H groups in total. The minimum Gasteiger partial charge on any atom is -0.377 e. The SMILES string of the molecule is CCOC(C1CC1)C(Cc1cnn(CC)c1)NC. The van der Waals surface area contributed by atoms with Crippen molar-refractivity contribution >= 4 is 0 Å². The van der Waals surface area contributed by atoms with Crippen molar-refractivity contribution in [3.05, 3.63) is 18.0 Å². The van der Waals surface area contributed by atoms with Gasteiger partial charge in [-0.2, -0.15) is 5.10 Å². The van der Waals surface area contributed by atoms with Gasteiger partial charge in [-0.25, -0.2) is 0 Å². The molecule has 0 aromatic carbocycles. The highest BCUT2D eigenvalue weighted by molar-refractivity contribution is 5.08. The molecule has 2 atom stereocenters. The summed E-state index contributed by atoms with van der Waals surface area (Å²) in [6.45, 7) is 5.92. The molecule has 1 fully saturated rings. The number of hydrogen-bond donors (Lipinski definition) is 1. The number of hydrogen-bond acceptors (Lipinski definition) is 3. The second-order valence-electron chi connectivity index (χ2n) is 5.06. The predicted molar refractivity (Wildman–Crippen MR) is 72.6 cm³/mol. The molecule has 0 radical (unpaired) electrons. The van der Waals surface area contributed by atoms with Gasteiger partial charge in [0.2, 0.25) is 0 Å². The second-order valence-corrected chi connectivity index (χ2v) is 5.06. The van der Waals surface area contributed by atoms with Gasteiger partial charge in [-0.05, 0) is 51.6 Å². The third-order valence-electron chi connectivity index (χ3n) is 3.68. The zero-order valence-corrected chi connectivity index (χ0v) is 11.7. The van der Waals surface area contributed by atoms with Crippen molar-refractivity contribution in [3.63, 3.8) is 0 Å². The first-order valence-corrected chi connectivity index (χ1v) is 7.08. The van der Waals surface area contributed by atoms with Crippen molar-refractivity contribution in [1.29, 1.82) is 0 Å². The molecule has 1 aliphatic carbocycles. The summed E-state index contributed by atoms with van der Waals surface area (Å²) < 4.78 is 7.92. The molecule has 1 aromatic heterocycles. The molecule has 4 nitrogen and oxygen atoms in total. The number of likely N-dealkylation sites (N-methyl/N-ethyl adjacent to an activating group) is 1. The molecular formula is C14H25N3O. The van der Waals surface area contributed by atoms with E-state index in [0.717, 1.165) is 25.5 Å². The summed E-state index contributed by atoms with van der Waals surface area (Å²) in [5.41, 5.74) is 1.29. The number of nitrogens with one attached hydrogen (secondary N) is 1. The van der Waals surface area contributed by atoms with Crippen LogP contribution in [-0.4, -0.2) is 35.6 Å². The van der Waals surface area contributed by atoms with E-state index in [1.54, 1.807) is 0 Å². The molecule has 102 valence electrons. The summed E-state index contributed by atoms with van der Waals surface area (Å²) in [6.07, 6.45) is 8.10.